The normalized spacial score (nSPS) is 11.4. The molecular weight excluding hydrogens is 344 g/mol. The molecule has 5 heteroatoms. The number of halogens is 1. The molecule has 0 aliphatic rings. The maximum atomic E-state index is 12.3. The van der Waals surface area contributed by atoms with E-state index in [4.69, 9.17) is 4.42 Å². The fourth-order valence-electron chi connectivity index (χ4n) is 2.72. The number of aryl methyl sites for hydroxylation is 1. The van der Waals surface area contributed by atoms with Gasteiger partial charge >= 0.3 is 5.63 Å². The fraction of sp³-hybridized carbons (Fsp3) is 0.0588. The molecular formula is C17H11BrN2O2. The molecule has 2 aromatic carbocycles. The molecule has 0 aliphatic heterocycles. The van der Waals surface area contributed by atoms with Crippen LogP contribution in [0.15, 0.2) is 62.2 Å². The van der Waals surface area contributed by atoms with E-state index in [0.717, 1.165) is 21.1 Å². The van der Waals surface area contributed by atoms with E-state index in [2.05, 4.69) is 21.0 Å². The average molecular weight is 355 g/mol. The molecule has 0 aliphatic carbocycles. The van der Waals surface area contributed by atoms with E-state index in [9.17, 15) is 4.79 Å². The van der Waals surface area contributed by atoms with Gasteiger partial charge in [-0.1, -0.05) is 34.1 Å². The van der Waals surface area contributed by atoms with E-state index < -0.39 is 0 Å². The summed E-state index contributed by atoms with van der Waals surface area (Å²) in [5.41, 5.74) is 2.55. The molecule has 0 atom stereocenters. The third-order valence-corrected chi connectivity index (χ3v) is 4.16. The Hall–Kier alpha value is -2.40. The molecule has 2 heterocycles. The Bertz CT molecular complexity index is 1080. The molecule has 0 radical (unpaired) electrons. The van der Waals surface area contributed by atoms with Crippen LogP contribution in [-0.4, -0.2) is 9.78 Å². The van der Waals surface area contributed by atoms with Gasteiger partial charge in [-0.05, 0) is 37.3 Å². The minimum Gasteiger partial charge on any atom is -0.422 e. The van der Waals surface area contributed by atoms with Gasteiger partial charge in [-0.25, -0.2) is 9.48 Å². The first kappa shape index (κ1) is 13.3. The lowest BCUT2D eigenvalue weighted by Gasteiger charge is -2.06. The van der Waals surface area contributed by atoms with Gasteiger partial charge in [0.15, 0.2) is 0 Å². The van der Waals surface area contributed by atoms with Crippen LogP contribution >= 0.6 is 15.9 Å². The maximum Gasteiger partial charge on any atom is 0.347 e. The van der Waals surface area contributed by atoms with Crippen molar-refractivity contribution < 1.29 is 4.42 Å². The number of rotatable bonds is 1. The van der Waals surface area contributed by atoms with Crippen molar-refractivity contribution >= 4 is 37.8 Å². The standard InChI is InChI=1S/C17H11BrN2O2/c1-10-15-16(13-7-2-3-8-14(13)22-17(15)21)20(19-10)12-6-4-5-11(18)9-12/h2-9H,1H3. The van der Waals surface area contributed by atoms with Crippen molar-refractivity contribution in [2.24, 2.45) is 0 Å². The van der Waals surface area contributed by atoms with Crippen molar-refractivity contribution in [1.29, 1.82) is 0 Å². The van der Waals surface area contributed by atoms with Crippen LogP contribution in [0.2, 0.25) is 0 Å². The monoisotopic (exact) mass is 354 g/mol. The van der Waals surface area contributed by atoms with E-state index >= 15 is 0 Å². The van der Waals surface area contributed by atoms with Gasteiger partial charge in [-0.3, -0.25) is 0 Å². The molecule has 0 amide bonds. The van der Waals surface area contributed by atoms with Gasteiger partial charge in [-0.2, -0.15) is 5.10 Å². The number of para-hydroxylation sites is 1. The second-order valence-corrected chi connectivity index (χ2v) is 6.00. The van der Waals surface area contributed by atoms with Gasteiger partial charge in [0.2, 0.25) is 0 Å². The summed E-state index contributed by atoms with van der Waals surface area (Å²) in [6.45, 7) is 1.82. The van der Waals surface area contributed by atoms with Gasteiger partial charge in [0, 0.05) is 9.86 Å². The van der Waals surface area contributed by atoms with E-state index in [0.29, 0.717) is 16.7 Å². The Morgan fingerprint density at radius 1 is 1.14 bits per heavy atom. The number of benzene rings is 2. The largest absolute Gasteiger partial charge is 0.422 e. The Balaban J connectivity index is 2.23. The number of hydrogen-bond donors (Lipinski definition) is 0. The van der Waals surface area contributed by atoms with Crippen LogP contribution in [0, 0.1) is 6.92 Å². The molecule has 4 nitrogen and oxygen atoms in total. The second kappa shape index (κ2) is 4.81. The van der Waals surface area contributed by atoms with Crippen LogP contribution in [-0.2, 0) is 0 Å². The Labute approximate surface area is 134 Å². The van der Waals surface area contributed by atoms with Crippen molar-refractivity contribution in [3.8, 4) is 5.69 Å². The highest BCUT2D eigenvalue weighted by atomic mass is 79.9. The SMILES string of the molecule is Cc1nn(-c2cccc(Br)c2)c2c1c(=O)oc1ccccc12. The molecule has 0 saturated heterocycles. The first-order valence-electron chi connectivity index (χ1n) is 6.82. The van der Waals surface area contributed by atoms with Crippen LogP contribution in [0.3, 0.4) is 0 Å². The number of aromatic nitrogens is 2. The first-order valence-corrected chi connectivity index (χ1v) is 7.61. The molecule has 22 heavy (non-hydrogen) atoms. The molecule has 0 fully saturated rings. The van der Waals surface area contributed by atoms with E-state index in [-0.39, 0.29) is 5.63 Å². The Morgan fingerprint density at radius 2 is 1.95 bits per heavy atom. The fourth-order valence-corrected chi connectivity index (χ4v) is 3.10. The molecule has 0 spiro atoms. The Morgan fingerprint density at radius 3 is 2.77 bits per heavy atom. The third kappa shape index (κ3) is 1.89. The predicted octanol–water partition coefficient (Wildman–Crippen LogP) is 4.20. The zero-order chi connectivity index (χ0) is 15.3. The third-order valence-electron chi connectivity index (χ3n) is 3.66. The van der Waals surface area contributed by atoms with Gasteiger partial charge in [-0.15, -0.1) is 0 Å². The molecule has 108 valence electrons. The van der Waals surface area contributed by atoms with Crippen molar-refractivity contribution in [3.63, 3.8) is 0 Å². The average Bonchev–Trinajstić information content (AvgIpc) is 2.86. The number of fused-ring (bicyclic) bond motifs is 3. The molecule has 4 aromatic rings. The molecule has 4 rings (SSSR count). The number of nitrogens with zero attached hydrogens (tertiary/aromatic N) is 2. The summed E-state index contributed by atoms with van der Waals surface area (Å²) in [4.78, 5) is 12.3. The molecule has 0 saturated carbocycles. The van der Waals surface area contributed by atoms with Crippen molar-refractivity contribution in [2.75, 3.05) is 0 Å². The summed E-state index contributed by atoms with van der Waals surface area (Å²) in [6, 6.07) is 15.3. The first-order chi connectivity index (χ1) is 10.6. The second-order valence-electron chi connectivity index (χ2n) is 5.09. The summed E-state index contributed by atoms with van der Waals surface area (Å²) in [7, 11) is 0. The van der Waals surface area contributed by atoms with Gasteiger partial charge in [0.25, 0.3) is 0 Å². The van der Waals surface area contributed by atoms with Crippen LogP contribution in [0.4, 0.5) is 0 Å². The van der Waals surface area contributed by atoms with Crippen LogP contribution in [0.5, 0.6) is 0 Å². The van der Waals surface area contributed by atoms with Crippen molar-refractivity contribution in [2.45, 2.75) is 6.92 Å². The summed E-state index contributed by atoms with van der Waals surface area (Å²) in [5.74, 6) is 0. The molecule has 0 unspecified atom stereocenters. The maximum absolute atomic E-state index is 12.3. The van der Waals surface area contributed by atoms with Crippen molar-refractivity contribution in [1.82, 2.24) is 9.78 Å². The van der Waals surface area contributed by atoms with E-state index in [1.807, 2.05) is 49.4 Å². The smallest absolute Gasteiger partial charge is 0.347 e. The highest BCUT2D eigenvalue weighted by molar-refractivity contribution is 9.10. The zero-order valence-electron chi connectivity index (χ0n) is 11.7. The van der Waals surface area contributed by atoms with E-state index in [1.54, 1.807) is 10.7 Å². The lowest BCUT2D eigenvalue weighted by molar-refractivity contribution is 0.569. The minimum absolute atomic E-state index is 0.354. The number of hydrogen-bond acceptors (Lipinski definition) is 3. The highest BCUT2D eigenvalue weighted by Crippen LogP contribution is 2.27. The van der Waals surface area contributed by atoms with Crippen LogP contribution in [0.1, 0.15) is 5.69 Å². The predicted molar refractivity (Wildman–Crippen MR) is 89.5 cm³/mol. The van der Waals surface area contributed by atoms with Gasteiger partial charge in [0.05, 0.1) is 16.9 Å². The molecule has 2 aromatic heterocycles. The molecule has 0 N–H and O–H groups in total. The summed E-state index contributed by atoms with van der Waals surface area (Å²) in [5, 5.41) is 5.95. The lowest BCUT2D eigenvalue weighted by atomic mass is 10.1. The van der Waals surface area contributed by atoms with Gasteiger partial charge in [0.1, 0.15) is 11.0 Å². The van der Waals surface area contributed by atoms with Crippen LogP contribution in [0.25, 0.3) is 27.6 Å². The zero-order valence-corrected chi connectivity index (χ0v) is 13.3. The summed E-state index contributed by atoms with van der Waals surface area (Å²) < 4.78 is 8.17. The Kier molecular flexibility index (Phi) is 2.90. The lowest BCUT2D eigenvalue weighted by Crippen LogP contribution is -2.01. The van der Waals surface area contributed by atoms with Crippen LogP contribution < -0.4 is 5.63 Å². The van der Waals surface area contributed by atoms with Gasteiger partial charge < -0.3 is 4.42 Å². The van der Waals surface area contributed by atoms with E-state index in [1.165, 1.54) is 0 Å². The quantitative estimate of drug-likeness (QED) is 0.481. The topological polar surface area (TPSA) is 48.0 Å². The molecule has 0 bridgehead atoms. The van der Waals surface area contributed by atoms with Crippen molar-refractivity contribution in [3.05, 3.63) is 69.1 Å². The summed E-state index contributed by atoms with van der Waals surface area (Å²) in [6.07, 6.45) is 0. The highest BCUT2D eigenvalue weighted by Gasteiger charge is 2.17. The minimum atomic E-state index is -0.354. The summed E-state index contributed by atoms with van der Waals surface area (Å²) >= 11 is 3.47.